The van der Waals surface area contributed by atoms with Gasteiger partial charge in [-0.2, -0.15) is 5.26 Å². The first-order chi connectivity index (χ1) is 32.2. The molecule has 0 bridgehead atoms. The second-order valence-electron chi connectivity index (χ2n) is 16.8. The second kappa shape index (κ2) is 14.6. The number of para-hydroxylation sites is 4. The number of hydrogen-bond donors (Lipinski definition) is 0. The molecule has 0 fully saturated rings. The first kappa shape index (κ1) is 36.7. The van der Waals surface area contributed by atoms with Crippen LogP contribution in [0.1, 0.15) is 5.56 Å². The van der Waals surface area contributed by atoms with E-state index in [2.05, 4.69) is 238 Å². The molecule has 3 heterocycles. The highest BCUT2D eigenvalue weighted by atomic mass is 15.0. The van der Waals surface area contributed by atoms with Gasteiger partial charge in [0.15, 0.2) is 0 Å². The van der Waals surface area contributed by atoms with Crippen molar-refractivity contribution in [3.8, 4) is 56.5 Å². The van der Waals surface area contributed by atoms with Gasteiger partial charge in [0.25, 0.3) is 0 Å². The lowest BCUT2D eigenvalue weighted by Gasteiger charge is -2.21. The smallest absolute Gasteiger partial charge is 0.0991 e. The molecule has 0 aliphatic heterocycles. The molecule has 0 saturated heterocycles. The SMILES string of the molecule is N#Cc1ccc(-c2cc(-c3ccccc3)c(-n3c4ccc(-n5c6ccccc6c6ccccc65)cc4c4cc(-n5c6ccccc6c6ccccc65)ccc43)c(-c3ccccc3)c2)cc1. The molecule has 4 heteroatoms. The average Bonchev–Trinajstić information content (AvgIpc) is 4.02. The van der Waals surface area contributed by atoms with Crippen LogP contribution in [0.15, 0.2) is 231 Å². The fourth-order valence-electron chi connectivity index (χ4n) is 10.4. The van der Waals surface area contributed by atoms with Gasteiger partial charge in [-0.25, -0.2) is 0 Å². The van der Waals surface area contributed by atoms with Gasteiger partial charge >= 0.3 is 0 Å². The van der Waals surface area contributed by atoms with Crippen molar-refractivity contribution >= 4 is 65.4 Å². The highest BCUT2D eigenvalue weighted by Gasteiger charge is 2.24. The molecule has 65 heavy (non-hydrogen) atoms. The van der Waals surface area contributed by atoms with Crippen molar-refractivity contribution in [2.75, 3.05) is 0 Å². The molecule has 0 unspecified atom stereocenters. The first-order valence-corrected chi connectivity index (χ1v) is 22.1. The van der Waals surface area contributed by atoms with E-state index in [0.29, 0.717) is 5.56 Å². The summed E-state index contributed by atoms with van der Waals surface area (Å²) < 4.78 is 7.34. The second-order valence-corrected chi connectivity index (χ2v) is 16.8. The van der Waals surface area contributed by atoms with E-state index in [1.807, 2.05) is 12.1 Å². The molecule has 13 rings (SSSR count). The van der Waals surface area contributed by atoms with Gasteiger partial charge in [0, 0.05) is 54.8 Å². The lowest BCUT2D eigenvalue weighted by atomic mass is 9.90. The van der Waals surface area contributed by atoms with E-state index in [0.717, 1.165) is 72.2 Å². The molecule has 3 aromatic heterocycles. The molecule has 13 aromatic rings. The van der Waals surface area contributed by atoms with Crippen molar-refractivity contribution in [2.24, 2.45) is 0 Å². The van der Waals surface area contributed by atoms with Gasteiger partial charge in [0.2, 0.25) is 0 Å². The van der Waals surface area contributed by atoms with E-state index in [9.17, 15) is 5.26 Å². The number of nitriles is 1. The maximum atomic E-state index is 9.67. The summed E-state index contributed by atoms with van der Waals surface area (Å²) in [5, 5.41) is 16.9. The molecule has 0 amide bonds. The Morgan fingerprint density at radius 2 is 0.646 bits per heavy atom. The predicted octanol–water partition coefficient (Wildman–Crippen LogP) is 15.9. The summed E-state index contributed by atoms with van der Waals surface area (Å²) in [6.07, 6.45) is 0. The van der Waals surface area contributed by atoms with Crippen molar-refractivity contribution in [1.82, 2.24) is 13.7 Å². The van der Waals surface area contributed by atoms with Crippen LogP contribution < -0.4 is 0 Å². The minimum Gasteiger partial charge on any atom is -0.309 e. The Labute approximate surface area is 375 Å². The van der Waals surface area contributed by atoms with Crippen LogP contribution in [0.25, 0.3) is 116 Å². The zero-order chi connectivity index (χ0) is 43.0. The molecule has 0 aliphatic rings. The van der Waals surface area contributed by atoms with Gasteiger partial charge in [-0.05, 0) is 107 Å². The Morgan fingerprint density at radius 3 is 1.05 bits per heavy atom. The van der Waals surface area contributed by atoms with Crippen molar-refractivity contribution in [2.45, 2.75) is 0 Å². The largest absolute Gasteiger partial charge is 0.309 e. The summed E-state index contributed by atoms with van der Waals surface area (Å²) in [5.41, 5.74) is 17.5. The molecule has 0 N–H and O–H groups in total. The highest BCUT2D eigenvalue weighted by molar-refractivity contribution is 6.15. The van der Waals surface area contributed by atoms with Gasteiger partial charge < -0.3 is 13.7 Å². The van der Waals surface area contributed by atoms with Crippen LogP contribution in [-0.4, -0.2) is 13.7 Å². The highest BCUT2D eigenvalue weighted by Crippen LogP contribution is 2.45. The molecular weight excluding hydrogens is 789 g/mol. The quantitative estimate of drug-likeness (QED) is 0.165. The van der Waals surface area contributed by atoms with E-state index in [1.54, 1.807) is 0 Å². The average molecular weight is 827 g/mol. The van der Waals surface area contributed by atoms with Crippen LogP contribution in [0.3, 0.4) is 0 Å². The Balaban J connectivity index is 1.17. The Bertz CT molecular complexity index is 3710. The number of rotatable bonds is 6. The molecule has 302 valence electrons. The van der Waals surface area contributed by atoms with Gasteiger partial charge in [0.1, 0.15) is 0 Å². The van der Waals surface area contributed by atoms with Crippen molar-refractivity contribution in [3.63, 3.8) is 0 Å². The topological polar surface area (TPSA) is 38.6 Å². The summed E-state index contributed by atoms with van der Waals surface area (Å²) in [6, 6.07) is 85.4. The van der Waals surface area contributed by atoms with Crippen molar-refractivity contribution < 1.29 is 0 Å². The number of hydrogen-bond acceptors (Lipinski definition) is 1. The van der Waals surface area contributed by atoms with E-state index >= 15 is 0 Å². The fourth-order valence-corrected chi connectivity index (χ4v) is 10.4. The van der Waals surface area contributed by atoms with Gasteiger partial charge in [-0.15, -0.1) is 0 Å². The third-order valence-electron chi connectivity index (χ3n) is 13.3. The summed E-state index contributed by atoms with van der Waals surface area (Å²) in [4.78, 5) is 0. The predicted molar refractivity (Wildman–Crippen MR) is 270 cm³/mol. The molecule has 4 nitrogen and oxygen atoms in total. The van der Waals surface area contributed by atoms with Gasteiger partial charge in [-0.1, -0.05) is 146 Å². The zero-order valence-electron chi connectivity index (χ0n) is 35.2. The summed E-state index contributed by atoms with van der Waals surface area (Å²) >= 11 is 0. The summed E-state index contributed by atoms with van der Waals surface area (Å²) in [7, 11) is 0. The molecule has 0 atom stereocenters. The fraction of sp³-hybridized carbons (Fsp3) is 0. The summed E-state index contributed by atoms with van der Waals surface area (Å²) in [6.45, 7) is 0. The van der Waals surface area contributed by atoms with Crippen LogP contribution in [0.5, 0.6) is 0 Å². The third kappa shape index (κ3) is 5.70. The number of aromatic nitrogens is 3. The number of fused-ring (bicyclic) bond motifs is 9. The van der Waals surface area contributed by atoms with Crippen molar-refractivity contribution in [3.05, 3.63) is 236 Å². The molecule has 0 aliphatic carbocycles. The monoisotopic (exact) mass is 826 g/mol. The van der Waals surface area contributed by atoms with E-state index in [1.165, 1.54) is 43.6 Å². The lowest BCUT2D eigenvalue weighted by Crippen LogP contribution is -2.02. The molecular formula is C61H38N4. The minimum absolute atomic E-state index is 0.641. The van der Waals surface area contributed by atoms with Crippen LogP contribution in [0, 0.1) is 11.3 Å². The minimum atomic E-state index is 0.641. The van der Waals surface area contributed by atoms with Crippen LogP contribution >= 0.6 is 0 Å². The zero-order valence-corrected chi connectivity index (χ0v) is 35.2. The third-order valence-corrected chi connectivity index (χ3v) is 13.3. The Kier molecular flexibility index (Phi) is 8.24. The molecule has 0 saturated carbocycles. The maximum absolute atomic E-state index is 9.67. The molecule has 10 aromatic carbocycles. The molecule has 0 spiro atoms. The first-order valence-electron chi connectivity index (χ1n) is 22.1. The number of nitrogens with zero attached hydrogens (tertiary/aromatic N) is 4. The number of benzene rings is 10. The Morgan fingerprint density at radius 1 is 0.277 bits per heavy atom. The normalized spacial score (nSPS) is 11.7. The van der Waals surface area contributed by atoms with E-state index in [4.69, 9.17) is 0 Å². The lowest BCUT2D eigenvalue weighted by molar-refractivity contribution is 1.16. The van der Waals surface area contributed by atoms with Gasteiger partial charge in [0.05, 0.1) is 50.4 Å². The Hall–Kier alpha value is -8.91. The summed E-state index contributed by atoms with van der Waals surface area (Å²) in [5.74, 6) is 0. The molecule has 0 radical (unpaired) electrons. The van der Waals surface area contributed by atoms with Crippen LogP contribution in [0.2, 0.25) is 0 Å². The van der Waals surface area contributed by atoms with Gasteiger partial charge in [-0.3, -0.25) is 0 Å². The standard InChI is InChI=1S/C61H38N4/c62-39-40-27-29-41(30-28-40)44-35-51(42-15-3-1-4-16-42)61(52(36-44)43-17-5-2-6-18-43)65-59-33-31-45(63-55-23-11-7-19-47(55)48-20-8-12-24-56(48)63)37-53(59)54-38-46(32-34-60(54)65)64-57-25-13-9-21-49(57)50-22-10-14-26-58(50)64/h1-38H. The van der Waals surface area contributed by atoms with E-state index in [-0.39, 0.29) is 0 Å². The van der Waals surface area contributed by atoms with Crippen LogP contribution in [-0.2, 0) is 0 Å². The van der Waals surface area contributed by atoms with Crippen LogP contribution in [0.4, 0.5) is 0 Å². The maximum Gasteiger partial charge on any atom is 0.0991 e. The van der Waals surface area contributed by atoms with E-state index < -0.39 is 0 Å². The van der Waals surface area contributed by atoms with Crippen molar-refractivity contribution in [1.29, 1.82) is 5.26 Å².